The van der Waals surface area contributed by atoms with Gasteiger partial charge in [0.2, 0.25) is 0 Å². The van der Waals surface area contributed by atoms with Crippen molar-refractivity contribution in [2.24, 2.45) is 0 Å². The fourth-order valence-electron chi connectivity index (χ4n) is 1.60. The molecule has 1 aromatic heterocycles. The van der Waals surface area contributed by atoms with Crippen LogP contribution in [0.5, 0.6) is 0 Å². The second-order valence-corrected chi connectivity index (χ2v) is 4.79. The number of nitrogens with one attached hydrogen (secondary N) is 1. The summed E-state index contributed by atoms with van der Waals surface area (Å²) in [5, 5.41) is 2.71. The first-order chi connectivity index (χ1) is 8.68. The summed E-state index contributed by atoms with van der Waals surface area (Å²) >= 11 is 1.56. The normalized spacial score (nSPS) is 10.3. The minimum absolute atomic E-state index is 0.0820. The zero-order valence-corrected chi connectivity index (χ0v) is 10.8. The van der Waals surface area contributed by atoms with Gasteiger partial charge in [-0.05, 0) is 19.1 Å². The van der Waals surface area contributed by atoms with E-state index in [2.05, 4.69) is 10.3 Å². The first-order valence-electron chi connectivity index (χ1n) is 5.60. The number of thiazole rings is 1. The molecule has 0 unspecified atom stereocenters. The summed E-state index contributed by atoms with van der Waals surface area (Å²) in [5.74, 6) is -0.876. The van der Waals surface area contributed by atoms with Gasteiger partial charge in [0.15, 0.2) is 0 Å². The van der Waals surface area contributed by atoms with Gasteiger partial charge < -0.3 is 5.32 Å². The second kappa shape index (κ2) is 5.73. The van der Waals surface area contributed by atoms with Gasteiger partial charge in [0.05, 0.1) is 16.8 Å². The summed E-state index contributed by atoms with van der Waals surface area (Å²) in [6.45, 7) is 2.42. The third-order valence-corrected chi connectivity index (χ3v) is 3.60. The molecule has 0 fully saturated rings. The highest BCUT2D eigenvalue weighted by Crippen LogP contribution is 2.12. The van der Waals surface area contributed by atoms with Crippen LogP contribution in [0.4, 0.5) is 4.39 Å². The highest BCUT2D eigenvalue weighted by molar-refractivity contribution is 7.09. The van der Waals surface area contributed by atoms with E-state index >= 15 is 0 Å². The number of halogens is 1. The maximum atomic E-state index is 13.3. The SMILES string of the molecule is Cc1ncsc1CCNC(=O)c1ccccc1F. The zero-order valence-electron chi connectivity index (χ0n) is 9.94. The number of benzene rings is 1. The Hall–Kier alpha value is -1.75. The smallest absolute Gasteiger partial charge is 0.254 e. The number of rotatable bonds is 4. The number of nitrogens with zero attached hydrogens (tertiary/aromatic N) is 1. The van der Waals surface area contributed by atoms with Crippen molar-refractivity contribution in [3.8, 4) is 0 Å². The molecule has 0 aliphatic heterocycles. The fraction of sp³-hybridized carbons (Fsp3) is 0.231. The van der Waals surface area contributed by atoms with Crippen LogP contribution in [0.2, 0.25) is 0 Å². The molecular weight excluding hydrogens is 251 g/mol. The first-order valence-corrected chi connectivity index (χ1v) is 6.48. The summed E-state index contributed by atoms with van der Waals surface area (Å²) in [7, 11) is 0. The molecule has 0 aliphatic carbocycles. The number of carbonyl (C=O) groups excluding carboxylic acids is 1. The molecule has 1 N–H and O–H groups in total. The average molecular weight is 264 g/mol. The van der Waals surface area contributed by atoms with Crippen molar-refractivity contribution in [3.63, 3.8) is 0 Å². The fourth-order valence-corrected chi connectivity index (χ4v) is 2.38. The maximum Gasteiger partial charge on any atom is 0.254 e. The van der Waals surface area contributed by atoms with Gasteiger partial charge in [-0.25, -0.2) is 9.37 Å². The minimum Gasteiger partial charge on any atom is -0.352 e. The highest BCUT2D eigenvalue weighted by atomic mass is 32.1. The van der Waals surface area contributed by atoms with Crippen LogP contribution in [-0.4, -0.2) is 17.4 Å². The molecule has 1 aromatic carbocycles. The van der Waals surface area contributed by atoms with Crippen LogP contribution >= 0.6 is 11.3 Å². The molecule has 94 valence electrons. The molecule has 1 heterocycles. The molecule has 18 heavy (non-hydrogen) atoms. The lowest BCUT2D eigenvalue weighted by Gasteiger charge is -2.05. The van der Waals surface area contributed by atoms with Crippen molar-refractivity contribution in [2.75, 3.05) is 6.54 Å². The Kier molecular flexibility index (Phi) is 4.04. The van der Waals surface area contributed by atoms with E-state index in [1.807, 2.05) is 6.92 Å². The lowest BCUT2D eigenvalue weighted by atomic mass is 10.2. The quantitative estimate of drug-likeness (QED) is 0.922. The van der Waals surface area contributed by atoms with E-state index in [9.17, 15) is 9.18 Å². The van der Waals surface area contributed by atoms with Crippen molar-refractivity contribution in [1.82, 2.24) is 10.3 Å². The molecular formula is C13H13FN2OS. The number of hydrogen-bond acceptors (Lipinski definition) is 3. The van der Waals surface area contributed by atoms with E-state index in [-0.39, 0.29) is 11.5 Å². The summed E-state index contributed by atoms with van der Waals surface area (Å²) < 4.78 is 13.3. The number of amides is 1. The van der Waals surface area contributed by atoms with E-state index in [1.54, 1.807) is 29.0 Å². The van der Waals surface area contributed by atoms with Gasteiger partial charge in [0.25, 0.3) is 5.91 Å². The molecule has 0 bridgehead atoms. The summed E-state index contributed by atoms with van der Waals surface area (Å²) in [4.78, 5) is 17.0. The van der Waals surface area contributed by atoms with Crippen LogP contribution in [-0.2, 0) is 6.42 Å². The molecule has 2 aromatic rings. The standard InChI is InChI=1S/C13H13FN2OS/c1-9-12(18-8-16-9)6-7-15-13(17)10-4-2-3-5-11(10)14/h2-5,8H,6-7H2,1H3,(H,15,17). The zero-order chi connectivity index (χ0) is 13.0. The first kappa shape index (κ1) is 12.7. The van der Waals surface area contributed by atoms with Crippen molar-refractivity contribution >= 4 is 17.2 Å². The molecule has 0 spiro atoms. The van der Waals surface area contributed by atoms with Gasteiger partial charge in [-0.3, -0.25) is 4.79 Å². The van der Waals surface area contributed by atoms with Crippen LogP contribution in [0.25, 0.3) is 0 Å². The Bertz CT molecular complexity index is 553. The Morgan fingerprint density at radius 2 is 2.22 bits per heavy atom. The Labute approximate surface area is 109 Å². The molecule has 0 saturated carbocycles. The van der Waals surface area contributed by atoms with Crippen LogP contribution in [0.15, 0.2) is 29.8 Å². The Balaban J connectivity index is 1.90. The molecule has 5 heteroatoms. The summed E-state index contributed by atoms with van der Waals surface area (Å²) in [6, 6.07) is 5.96. The summed E-state index contributed by atoms with van der Waals surface area (Å²) in [6.07, 6.45) is 0.719. The monoisotopic (exact) mass is 264 g/mol. The van der Waals surface area contributed by atoms with Crippen molar-refractivity contribution < 1.29 is 9.18 Å². The van der Waals surface area contributed by atoms with E-state index in [0.717, 1.165) is 17.0 Å². The topological polar surface area (TPSA) is 42.0 Å². The molecule has 3 nitrogen and oxygen atoms in total. The molecule has 0 aliphatic rings. The maximum absolute atomic E-state index is 13.3. The average Bonchev–Trinajstić information content (AvgIpc) is 2.75. The number of carbonyl (C=O) groups is 1. The number of hydrogen-bond donors (Lipinski definition) is 1. The van der Waals surface area contributed by atoms with E-state index < -0.39 is 5.82 Å². The molecule has 2 rings (SSSR count). The van der Waals surface area contributed by atoms with Crippen LogP contribution in [0, 0.1) is 12.7 Å². The molecule has 0 saturated heterocycles. The van der Waals surface area contributed by atoms with E-state index in [4.69, 9.17) is 0 Å². The van der Waals surface area contributed by atoms with E-state index in [0.29, 0.717) is 6.54 Å². The Morgan fingerprint density at radius 1 is 1.44 bits per heavy atom. The van der Waals surface area contributed by atoms with Gasteiger partial charge in [0, 0.05) is 17.8 Å². The Morgan fingerprint density at radius 3 is 2.89 bits per heavy atom. The lowest BCUT2D eigenvalue weighted by molar-refractivity contribution is 0.0950. The van der Waals surface area contributed by atoms with Gasteiger partial charge in [-0.1, -0.05) is 12.1 Å². The predicted molar refractivity (Wildman–Crippen MR) is 69.3 cm³/mol. The molecule has 0 atom stereocenters. The van der Waals surface area contributed by atoms with Crippen molar-refractivity contribution in [2.45, 2.75) is 13.3 Å². The van der Waals surface area contributed by atoms with Gasteiger partial charge >= 0.3 is 0 Å². The van der Waals surface area contributed by atoms with Crippen LogP contribution < -0.4 is 5.32 Å². The molecule has 0 radical (unpaired) electrons. The van der Waals surface area contributed by atoms with Gasteiger partial charge in [-0.15, -0.1) is 11.3 Å². The third kappa shape index (κ3) is 2.92. The van der Waals surface area contributed by atoms with Gasteiger partial charge in [-0.2, -0.15) is 0 Å². The lowest BCUT2D eigenvalue weighted by Crippen LogP contribution is -2.26. The van der Waals surface area contributed by atoms with Crippen molar-refractivity contribution in [3.05, 3.63) is 51.7 Å². The number of aryl methyl sites for hydroxylation is 1. The largest absolute Gasteiger partial charge is 0.352 e. The van der Waals surface area contributed by atoms with Crippen LogP contribution in [0.3, 0.4) is 0 Å². The number of aromatic nitrogens is 1. The molecule has 1 amide bonds. The predicted octanol–water partition coefficient (Wildman–Crippen LogP) is 2.56. The third-order valence-electron chi connectivity index (χ3n) is 2.60. The van der Waals surface area contributed by atoms with Crippen LogP contribution in [0.1, 0.15) is 20.9 Å². The van der Waals surface area contributed by atoms with E-state index in [1.165, 1.54) is 12.1 Å². The second-order valence-electron chi connectivity index (χ2n) is 3.85. The highest BCUT2D eigenvalue weighted by Gasteiger charge is 2.10. The van der Waals surface area contributed by atoms with Crippen molar-refractivity contribution in [1.29, 1.82) is 0 Å². The summed E-state index contributed by atoms with van der Waals surface area (Å²) in [5.41, 5.74) is 2.85. The minimum atomic E-state index is -0.496. The van der Waals surface area contributed by atoms with Gasteiger partial charge in [0.1, 0.15) is 5.82 Å².